The molecule has 0 aliphatic rings. The summed E-state index contributed by atoms with van der Waals surface area (Å²) in [5, 5.41) is 3.57. The topological polar surface area (TPSA) is 47.6 Å². The molecule has 2 rings (SSSR count). The summed E-state index contributed by atoms with van der Waals surface area (Å²) in [4.78, 5) is 12.1. The van der Waals surface area contributed by atoms with Crippen LogP contribution in [-0.4, -0.2) is 20.1 Å². The van der Waals surface area contributed by atoms with E-state index < -0.39 is 0 Å². The summed E-state index contributed by atoms with van der Waals surface area (Å²) in [5.74, 6) is 0.866. The van der Waals surface area contributed by atoms with Crippen molar-refractivity contribution >= 4 is 40.9 Å². The lowest BCUT2D eigenvalue weighted by Crippen LogP contribution is -2.08. The Kier molecular flexibility index (Phi) is 5.90. The average Bonchev–Trinajstić information content (AvgIpc) is 2.55. The highest BCUT2D eigenvalue weighted by Gasteiger charge is 2.08. The Morgan fingerprint density at radius 1 is 1.09 bits per heavy atom. The van der Waals surface area contributed by atoms with Crippen LogP contribution in [0.1, 0.15) is 5.56 Å². The Balaban J connectivity index is 2.20. The summed E-state index contributed by atoms with van der Waals surface area (Å²) < 4.78 is 10.5. The third-order valence-corrected chi connectivity index (χ3v) is 3.62. The molecule has 1 amide bonds. The summed E-state index contributed by atoms with van der Waals surface area (Å²) in [5.41, 5.74) is 1.12. The predicted molar refractivity (Wildman–Crippen MR) is 93.7 cm³/mol. The summed E-state index contributed by atoms with van der Waals surface area (Å²) in [6.07, 6.45) is 2.99. The molecule has 0 aliphatic carbocycles. The minimum absolute atomic E-state index is 0.345. The second kappa shape index (κ2) is 7.90. The van der Waals surface area contributed by atoms with Gasteiger partial charge < -0.3 is 14.8 Å². The summed E-state index contributed by atoms with van der Waals surface area (Å²) in [6, 6.07) is 10.2. The largest absolute Gasteiger partial charge is 0.496 e. The van der Waals surface area contributed by atoms with E-state index in [-0.39, 0.29) is 5.91 Å². The molecule has 0 saturated heterocycles. The number of hydrogen-bond donors (Lipinski definition) is 1. The number of carbonyl (C=O) groups is 1. The second-order valence-corrected chi connectivity index (χ2v) is 5.37. The summed E-state index contributed by atoms with van der Waals surface area (Å²) in [7, 11) is 3.11. The maximum Gasteiger partial charge on any atom is 0.248 e. The van der Waals surface area contributed by atoms with Crippen molar-refractivity contribution in [1.29, 1.82) is 0 Å². The molecule has 120 valence electrons. The van der Waals surface area contributed by atoms with Crippen molar-refractivity contribution in [1.82, 2.24) is 0 Å². The molecule has 0 radical (unpaired) electrons. The predicted octanol–water partition coefficient (Wildman–Crippen LogP) is 4.66. The normalized spacial score (nSPS) is 10.6. The van der Waals surface area contributed by atoms with Crippen LogP contribution in [0.2, 0.25) is 10.0 Å². The number of carbonyl (C=O) groups excluding carboxylic acids is 1. The van der Waals surface area contributed by atoms with Crippen LogP contribution in [0.15, 0.2) is 42.5 Å². The average molecular weight is 352 g/mol. The molecule has 0 spiro atoms. The van der Waals surface area contributed by atoms with Gasteiger partial charge in [0.1, 0.15) is 11.5 Å². The Morgan fingerprint density at radius 3 is 2.35 bits per heavy atom. The zero-order chi connectivity index (χ0) is 16.8. The molecule has 0 aliphatic heterocycles. The number of methoxy groups -OCH3 is 2. The van der Waals surface area contributed by atoms with Crippen molar-refractivity contribution in [3.8, 4) is 11.5 Å². The number of ether oxygens (including phenoxy) is 2. The fourth-order valence-electron chi connectivity index (χ4n) is 1.97. The van der Waals surface area contributed by atoms with Gasteiger partial charge in [0, 0.05) is 11.1 Å². The highest BCUT2D eigenvalue weighted by Crippen LogP contribution is 2.30. The van der Waals surface area contributed by atoms with Crippen molar-refractivity contribution in [2.75, 3.05) is 19.5 Å². The first-order valence-corrected chi connectivity index (χ1v) is 7.46. The van der Waals surface area contributed by atoms with E-state index in [1.54, 1.807) is 56.7 Å². The highest BCUT2D eigenvalue weighted by molar-refractivity contribution is 6.35. The first-order chi connectivity index (χ1) is 11.0. The molecule has 0 fully saturated rings. The van der Waals surface area contributed by atoms with Gasteiger partial charge in [0.15, 0.2) is 0 Å². The molecule has 0 aromatic heterocycles. The third-order valence-electron chi connectivity index (χ3n) is 3.05. The Bertz CT molecular complexity index is 722. The van der Waals surface area contributed by atoms with E-state index >= 15 is 0 Å². The first-order valence-electron chi connectivity index (χ1n) is 6.70. The Morgan fingerprint density at radius 2 is 1.74 bits per heavy atom. The number of nitrogens with one attached hydrogen (secondary N) is 1. The molecule has 0 saturated carbocycles. The van der Waals surface area contributed by atoms with Crippen LogP contribution >= 0.6 is 23.2 Å². The van der Waals surface area contributed by atoms with E-state index in [2.05, 4.69) is 5.32 Å². The van der Waals surface area contributed by atoms with Gasteiger partial charge in [-0.15, -0.1) is 0 Å². The molecule has 0 unspecified atom stereocenters. The highest BCUT2D eigenvalue weighted by atomic mass is 35.5. The number of anilines is 1. The monoisotopic (exact) mass is 351 g/mol. The number of rotatable bonds is 5. The maximum absolute atomic E-state index is 12.1. The summed E-state index contributed by atoms with van der Waals surface area (Å²) in [6.45, 7) is 0. The second-order valence-electron chi connectivity index (χ2n) is 4.52. The van der Waals surface area contributed by atoms with Gasteiger partial charge in [-0.3, -0.25) is 4.79 Å². The number of hydrogen-bond acceptors (Lipinski definition) is 3. The molecule has 2 aromatic rings. The van der Waals surface area contributed by atoms with E-state index in [0.717, 1.165) is 0 Å². The van der Waals surface area contributed by atoms with Gasteiger partial charge in [-0.2, -0.15) is 0 Å². The zero-order valence-electron chi connectivity index (χ0n) is 12.6. The van der Waals surface area contributed by atoms with Gasteiger partial charge in [-0.1, -0.05) is 29.3 Å². The van der Waals surface area contributed by atoms with Gasteiger partial charge in [-0.05, 0) is 36.4 Å². The van der Waals surface area contributed by atoms with E-state index in [4.69, 9.17) is 32.7 Å². The molecular formula is C17H15Cl2NO3. The third kappa shape index (κ3) is 4.41. The lowest BCUT2D eigenvalue weighted by molar-refractivity contribution is -0.111. The number of amides is 1. The minimum atomic E-state index is -0.345. The van der Waals surface area contributed by atoms with Gasteiger partial charge >= 0.3 is 0 Å². The van der Waals surface area contributed by atoms with Gasteiger partial charge in [0.05, 0.1) is 30.5 Å². The van der Waals surface area contributed by atoms with Gasteiger partial charge in [0.25, 0.3) is 0 Å². The molecule has 4 nitrogen and oxygen atoms in total. The lowest BCUT2D eigenvalue weighted by atomic mass is 10.1. The first kappa shape index (κ1) is 17.2. The molecule has 6 heteroatoms. The Labute approximate surface area is 144 Å². The van der Waals surface area contributed by atoms with Crippen molar-refractivity contribution in [3.63, 3.8) is 0 Å². The van der Waals surface area contributed by atoms with Crippen LogP contribution in [0.25, 0.3) is 6.08 Å². The molecule has 23 heavy (non-hydrogen) atoms. The molecule has 0 bridgehead atoms. The molecule has 0 heterocycles. The van der Waals surface area contributed by atoms with Gasteiger partial charge in [-0.25, -0.2) is 0 Å². The van der Waals surface area contributed by atoms with E-state index in [9.17, 15) is 4.79 Å². The van der Waals surface area contributed by atoms with Crippen LogP contribution < -0.4 is 14.8 Å². The molecule has 1 N–H and O–H groups in total. The fourth-order valence-corrected chi connectivity index (χ4v) is 2.31. The van der Waals surface area contributed by atoms with Crippen LogP contribution in [0.3, 0.4) is 0 Å². The van der Waals surface area contributed by atoms with Crippen molar-refractivity contribution in [3.05, 3.63) is 58.1 Å². The van der Waals surface area contributed by atoms with Gasteiger partial charge in [0.2, 0.25) is 5.91 Å². The van der Waals surface area contributed by atoms with Crippen LogP contribution in [0, 0.1) is 0 Å². The Hall–Kier alpha value is -2.17. The lowest BCUT2D eigenvalue weighted by Gasteiger charge is -2.09. The van der Waals surface area contributed by atoms with Crippen molar-refractivity contribution in [2.45, 2.75) is 0 Å². The van der Waals surface area contributed by atoms with Crippen LogP contribution in [-0.2, 0) is 4.79 Å². The van der Waals surface area contributed by atoms with Crippen molar-refractivity contribution < 1.29 is 14.3 Å². The van der Waals surface area contributed by atoms with Crippen LogP contribution in [0.4, 0.5) is 5.69 Å². The number of halogens is 2. The summed E-state index contributed by atoms with van der Waals surface area (Å²) >= 11 is 11.9. The van der Waals surface area contributed by atoms with E-state index in [0.29, 0.717) is 32.8 Å². The zero-order valence-corrected chi connectivity index (χ0v) is 14.1. The minimum Gasteiger partial charge on any atom is -0.496 e. The fraction of sp³-hybridized carbons (Fsp3) is 0.118. The molecule has 2 aromatic carbocycles. The SMILES string of the molecule is COc1cccc(OC)c1/C=C/C(=O)Nc1cc(Cl)ccc1Cl. The maximum atomic E-state index is 12.1. The van der Waals surface area contributed by atoms with E-state index in [1.807, 2.05) is 0 Å². The quantitative estimate of drug-likeness (QED) is 0.796. The van der Waals surface area contributed by atoms with Crippen LogP contribution in [0.5, 0.6) is 11.5 Å². The van der Waals surface area contributed by atoms with E-state index in [1.165, 1.54) is 6.08 Å². The standard InChI is InChI=1S/C17H15Cl2NO3/c1-22-15-4-3-5-16(23-2)12(15)7-9-17(21)20-14-10-11(18)6-8-13(14)19/h3-10H,1-2H3,(H,20,21)/b9-7+. The molecular weight excluding hydrogens is 337 g/mol. The molecule has 0 atom stereocenters. The smallest absolute Gasteiger partial charge is 0.248 e. The number of benzene rings is 2. The van der Waals surface area contributed by atoms with Crippen molar-refractivity contribution in [2.24, 2.45) is 0 Å².